The third kappa shape index (κ3) is 3.49. The molecule has 27 heavy (non-hydrogen) atoms. The average molecular weight is 364 g/mol. The van der Waals surface area contributed by atoms with Gasteiger partial charge in [0.2, 0.25) is 5.91 Å². The largest absolute Gasteiger partial charge is 0.346 e. The maximum Gasteiger partial charge on any atom is 0.225 e. The van der Waals surface area contributed by atoms with Crippen molar-refractivity contribution in [3.63, 3.8) is 0 Å². The van der Waals surface area contributed by atoms with Crippen LogP contribution < -0.4 is 5.32 Å². The minimum Gasteiger partial charge on any atom is -0.346 e. The molecule has 1 N–H and O–H groups in total. The van der Waals surface area contributed by atoms with Gasteiger partial charge in [0.15, 0.2) is 0 Å². The van der Waals surface area contributed by atoms with Crippen LogP contribution in [0.2, 0.25) is 0 Å². The minimum atomic E-state index is -0.0743. The molecule has 2 heterocycles. The number of rotatable bonds is 6. The Hall–Kier alpha value is -2.96. The Morgan fingerprint density at radius 1 is 1.26 bits per heavy atom. The van der Waals surface area contributed by atoms with E-state index in [1.54, 1.807) is 4.68 Å². The van der Waals surface area contributed by atoms with Crippen molar-refractivity contribution in [2.75, 3.05) is 0 Å². The Morgan fingerprint density at radius 2 is 2.00 bits per heavy atom. The summed E-state index contributed by atoms with van der Waals surface area (Å²) >= 11 is 0. The summed E-state index contributed by atoms with van der Waals surface area (Å²) in [6, 6.07) is 9.91. The minimum absolute atomic E-state index is 0.00582. The number of para-hydroxylation sites is 1. The number of benzene rings is 1. The Balaban J connectivity index is 1.53. The molecule has 7 nitrogen and oxygen atoms in total. The normalized spacial score (nSPS) is 14.9. The van der Waals surface area contributed by atoms with Crippen molar-refractivity contribution >= 4 is 5.91 Å². The summed E-state index contributed by atoms with van der Waals surface area (Å²) in [5.74, 6) is 1.26. The second kappa shape index (κ2) is 6.98. The van der Waals surface area contributed by atoms with Gasteiger partial charge in [-0.15, -0.1) is 0 Å². The number of amides is 1. The zero-order valence-corrected chi connectivity index (χ0v) is 15.9. The van der Waals surface area contributed by atoms with E-state index in [2.05, 4.69) is 20.5 Å². The summed E-state index contributed by atoms with van der Waals surface area (Å²) in [6.07, 6.45) is 4.07. The summed E-state index contributed by atoms with van der Waals surface area (Å²) < 4.78 is 3.65. The van der Waals surface area contributed by atoms with E-state index in [9.17, 15) is 4.79 Å². The first-order valence-electron chi connectivity index (χ1n) is 9.28. The fourth-order valence-electron chi connectivity index (χ4n) is 3.55. The number of aryl methyl sites for hydroxylation is 2. The van der Waals surface area contributed by atoms with Crippen LogP contribution in [0.5, 0.6) is 0 Å². The number of aromatic nitrogens is 5. The van der Waals surface area contributed by atoms with Gasteiger partial charge in [-0.3, -0.25) is 9.48 Å². The number of nitrogens with one attached hydrogen (secondary N) is 1. The second-order valence-corrected chi connectivity index (χ2v) is 7.20. The van der Waals surface area contributed by atoms with Crippen molar-refractivity contribution in [3.8, 4) is 5.69 Å². The van der Waals surface area contributed by atoms with Crippen LogP contribution >= 0.6 is 0 Å². The van der Waals surface area contributed by atoms with Gasteiger partial charge in [-0.1, -0.05) is 18.2 Å². The first kappa shape index (κ1) is 17.5. The van der Waals surface area contributed by atoms with Gasteiger partial charge in [0.1, 0.15) is 12.2 Å². The summed E-state index contributed by atoms with van der Waals surface area (Å²) in [5.41, 5.74) is 3.85. The lowest BCUT2D eigenvalue weighted by Crippen LogP contribution is -2.33. The van der Waals surface area contributed by atoms with Gasteiger partial charge < -0.3 is 5.32 Å². The maximum atomic E-state index is 12.8. The second-order valence-electron chi connectivity index (χ2n) is 7.20. The number of carbonyl (C=O) groups is 1. The van der Waals surface area contributed by atoms with Crippen molar-refractivity contribution < 1.29 is 4.79 Å². The molecule has 0 spiro atoms. The van der Waals surface area contributed by atoms with Crippen molar-refractivity contribution in [2.24, 2.45) is 13.0 Å². The van der Waals surface area contributed by atoms with Gasteiger partial charge in [-0.2, -0.15) is 10.2 Å². The molecular weight excluding hydrogens is 340 g/mol. The van der Waals surface area contributed by atoms with E-state index in [4.69, 9.17) is 0 Å². The zero-order chi connectivity index (χ0) is 19.0. The van der Waals surface area contributed by atoms with Crippen LogP contribution in [0.15, 0.2) is 36.7 Å². The third-order valence-corrected chi connectivity index (χ3v) is 5.21. The van der Waals surface area contributed by atoms with Crippen LogP contribution in [0.25, 0.3) is 5.69 Å². The average Bonchev–Trinajstić information content (AvgIpc) is 3.37. The highest BCUT2D eigenvalue weighted by molar-refractivity contribution is 5.79. The molecule has 1 aliphatic carbocycles. The molecular formula is C20H24N6O. The molecule has 0 radical (unpaired) electrons. The predicted octanol–water partition coefficient (Wildman–Crippen LogP) is 2.43. The lowest BCUT2D eigenvalue weighted by atomic mass is 10.1. The van der Waals surface area contributed by atoms with Crippen LogP contribution in [0.4, 0.5) is 0 Å². The number of carbonyl (C=O) groups excluding carboxylic acids is 1. The molecule has 0 bridgehead atoms. The van der Waals surface area contributed by atoms with E-state index in [-0.39, 0.29) is 11.9 Å². The van der Waals surface area contributed by atoms with E-state index in [0.717, 1.165) is 41.3 Å². The Bertz CT molecular complexity index is 954. The van der Waals surface area contributed by atoms with E-state index >= 15 is 0 Å². The van der Waals surface area contributed by atoms with Gasteiger partial charge in [-0.25, -0.2) is 9.67 Å². The Morgan fingerprint density at radius 3 is 2.63 bits per heavy atom. The van der Waals surface area contributed by atoms with Crippen molar-refractivity contribution in [1.29, 1.82) is 0 Å². The van der Waals surface area contributed by atoms with E-state index in [1.165, 1.54) is 6.33 Å². The molecule has 0 aliphatic heterocycles. The summed E-state index contributed by atoms with van der Waals surface area (Å²) in [7, 11) is 1.86. The molecule has 1 saturated carbocycles. The highest BCUT2D eigenvalue weighted by atomic mass is 16.1. The lowest BCUT2D eigenvalue weighted by molar-refractivity contribution is -0.121. The molecule has 0 unspecified atom stereocenters. The van der Waals surface area contributed by atoms with Crippen LogP contribution in [0.3, 0.4) is 0 Å². The molecule has 140 valence electrons. The highest BCUT2D eigenvalue weighted by Gasteiger charge is 2.36. The van der Waals surface area contributed by atoms with Gasteiger partial charge in [-0.05, 0) is 44.7 Å². The molecule has 1 aromatic carbocycles. The van der Waals surface area contributed by atoms with E-state index in [0.29, 0.717) is 12.3 Å². The fourth-order valence-corrected chi connectivity index (χ4v) is 3.55. The summed E-state index contributed by atoms with van der Waals surface area (Å²) in [5, 5.41) is 12.0. The highest BCUT2D eigenvalue weighted by Crippen LogP contribution is 2.40. The topological polar surface area (TPSA) is 77.6 Å². The molecule has 1 amide bonds. The zero-order valence-electron chi connectivity index (χ0n) is 15.9. The monoisotopic (exact) mass is 364 g/mol. The van der Waals surface area contributed by atoms with Gasteiger partial charge in [0.05, 0.1) is 23.8 Å². The first-order chi connectivity index (χ1) is 13.0. The molecule has 1 aliphatic rings. The maximum absolute atomic E-state index is 12.8. The van der Waals surface area contributed by atoms with Crippen molar-refractivity contribution in [3.05, 3.63) is 59.4 Å². The SMILES string of the molecule is Cc1nn(-c2ccccc2)c(C)c1CC(=O)N[C@H](c1ncnn1C)C1CC1. The Kier molecular flexibility index (Phi) is 4.51. The molecule has 3 aromatic rings. The van der Waals surface area contributed by atoms with Gasteiger partial charge >= 0.3 is 0 Å². The quantitative estimate of drug-likeness (QED) is 0.729. The first-order valence-corrected chi connectivity index (χ1v) is 9.28. The standard InChI is InChI=1S/C20H24N6O/c1-13-17(14(2)26(24-13)16-7-5-4-6-8-16)11-18(27)23-19(15-9-10-15)20-21-12-22-25(20)3/h4-8,12,15,19H,9-11H2,1-3H3,(H,23,27)/t19-/m0/s1. The molecule has 4 rings (SSSR count). The molecule has 1 atom stereocenters. The molecule has 0 saturated heterocycles. The fraction of sp³-hybridized carbons (Fsp3) is 0.400. The summed E-state index contributed by atoms with van der Waals surface area (Å²) in [4.78, 5) is 17.1. The van der Waals surface area contributed by atoms with Crippen LogP contribution in [0, 0.1) is 19.8 Å². The van der Waals surface area contributed by atoms with Crippen molar-refractivity contribution in [2.45, 2.75) is 39.2 Å². The molecule has 1 fully saturated rings. The van der Waals surface area contributed by atoms with Gasteiger partial charge in [0, 0.05) is 18.3 Å². The van der Waals surface area contributed by atoms with E-state index < -0.39 is 0 Å². The third-order valence-electron chi connectivity index (χ3n) is 5.21. The smallest absolute Gasteiger partial charge is 0.225 e. The predicted molar refractivity (Wildman–Crippen MR) is 101 cm³/mol. The number of nitrogens with zero attached hydrogens (tertiary/aromatic N) is 5. The van der Waals surface area contributed by atoms with Gasteiger partial charge in [0.25, 0.3) is 0 Å². The van der Waals surface area contributed by atoms with E-state index in [1.807, 2.05) is 55.9 Å². The number of hydrogen-bond acceptors (Lipinski definition) is 4. The van der Waals surface area contributed by atoms with Crippen LogP contribution in [-0.4, -0.2) is 30.5 Å². The Labute approximate surface area is 158 Å². The molecule has 2 aromatic heterocycles. The van der Waals surface area contributed by atoms with Crippen LogP contribution in [0.1, 0.15) is 41.7 Å². The van der Waals surface area contributed by atoms with Crippen LogP contribution in [-0.2, 0) is 18.3 Å². The molecule has 7 heteroatoms. The number of hydrogen-bond donors (Lipinski definition) is 1. The summed E-state index contributed by atoms with van der Waals surface area (Å²) in [6.45, 7) is 3.97. The lowest BCUT2D eigenvalue weighted by Gasteiger charge is -2.17. The van der Waals surface area contributed by atoms with Crippen molar-refractivity contribution in [1.82, 2.24) is 29.9 Å².